The lowest BCUT2D eigenvalue weighted by atomic mass is 10.0. The van der Waals surface area contributed by atoms with Crippen LogP contribution in [0.2, 0.25) is 0 Å². The second-order valence-electron chi connectivity index (χ2n) is 5.85. The molecular weight excluding hydrogens is 365 g/mol. The highest BCUT2D eigenvalue weighted by Crippen LogP contribution is 2.43. The fraction of sp³-hybridized carbons (Fsp3) is 0.733. The van der Waals surface area contributed by atoms with Gasteiger partial charge in [0.2, 0.25) is 0 Å². The van der Waals surface area contributed by atoms with Gasteiger partial charge in [-0.3, -0.25) is 0 Å². The molecule has 3 rings (SSSR count). The number of hydrogen-bond donors (Lipinski definition) is 1. The van der Waals surface area contributed by atoms with Gasteiger partial charge in [-0.05, 0) is 54.2 Å². The normalized spacial score (nSPS) is 21.1. The summed E-state index contributed by atoms with van der Waals surface area (Å²) in [4.78, 5) is 9.61. The van der Waals surface area contributed by atoms with Crippen molar-refractivity contribution in [2.75, 3.05) is 19.5 Å². The lowest BCUT2D eigenvalue weighted by molar-refractivity contribution is 0.0770. The van der Waals surface area contributed by atoms with Gasteiger partial charge in [0.1, 0.15) is 11.9 Å². The fourth-order valence-electron chi connectivity index (χ4n) is 3.15. The van der Waals surface area contributed by atoms with E-state index in [0.717, 1.165) is 11.6 Å². The maximum absolute atomic E-state index is 5.66. The molecule has 1 aromatic heterocycles. The van der Waals surface area contributed by atoms with Gasteiger partial charge in [0, 0.05) is 20.1 Å². The summed E-state index contributed by atoms with van der Waals surface area (Å²) in [6, 6.07) is 0. The van der Waals surface area contributed by atoms with E-state index in [4.69, 9.17) is 14.7 Å². The van der Waals surface area contributed by atoms with Crippen LogP contribution < -0.4 is 5.32 Å². The van der Waals surface area contributed by atoms with Gasteiger partial charge in [0.25, 0.3) is 0 Å². The Kier molecular flexibility index (Phi) is 4.45. The minimum atomic E-state index is 0.0688. The van der Waals surface area contributed by atoms with E-state index in [9.17, 15) is 0 Å². The van der Waals surface area contributed by atoms with E-state index in [1.807, 2.05) is 7.05 Å². The summed E-state index contributed by atoms with van der Waals surface area (Å²) in [7, 11) is 3.71. The summed E-state index contributed by atoms with van der Waals surface area (Å²) >= 11 is 2.39. The Bertz CT molecular complexity index is 484. The number of halogens is 1. The molecule has 0 bridgehead atoms. The number of nitrogens with zero attached hydrogens (tertiary/aromatic N) is 2. The summed E-state index contributed by atoms with van der Waals surface area (Å²) < 4.78 is 6.85. The van der Waals surface area contributed by atoms with Crippen LogP contribution in [0.25, 0.3) is 0 Å². The molecule has 110 valence electrons. The largest absolute Gasteiger partial charge is 0.373 e. The molecular formula is C15H22IN3O. The molecule has 5 heteroatoms. The molecule has 0 aliphatic heterocycles. The van der Waals surface area contributed by atoms with Crippen LogP contribution in [-0.4, -0.2) is 24.1 Å². The molecule has 0 aromatic carbocycles. The van der Waals surface area contributed by atoms with Crippen molar-refractivity contribution >= 4 is 28.4 Å². The first kappa shape index (κ1) is 14.5. The molecule has 2 aliphatic carbocycles. The highest BCUT2D eigenvalue weighted by atomic mass is 127. The number of rotatable bonds is 5. The van der Waals surface area contributed by atoms with Gasteiger partial charge in [-0.15, -0.1) is 0 Å². The van der Waals surface area contributed by atoms with Crippen molar-refractivity contribution in [1.29, 1.82) is 0 Å². The predicted octanol–water partition coefficient (Wildman–Crippen LogP) is 3.88. The van der Waals surface area contributed by atoms with Gasteiger partial charge >= 0.3 is 0 Å². The minimum absolute atomic E-state index is 0.0688. The molecule has 1 heterocycles. The smallest absolute Gasteiger partial charge is 0.160 e. The van der Waals surface area contributed by atoms with Gasteiger partial charge in [-0.2, -0.15) is 0 Å². The Balaban J connectivity index is 1.99. The molecule has 1 aromatic rings. The number of methoxy groups -OCH3 is 1. The first-order valence-corrected chi connectivity index (χ1v) is 8.60. The van der Waals surface area contributed by atoms with Crippen molar-refractivity contribution in [1.82, 2.24) is 9.97 Å². The monoisotopic (exact) mass is 387 g/mol. The molecule has 0 radical (unpaired) electrons. The minimum Gasteiger partial charge on any atom is -0.373 e. The van der Waals surface area contributed by atoms with Crippen LogP contribution in [0, 0.1) is 9.49 Å². The molecule has 2 fully saturated rings. The summed E-state index contributed by atoms with van der Waals surface area (Å²) in [5, 5.41) is 3.22. The molecule has 1 N–H and O–H groups in total. The van der Waals surface area contributed by atoms with Gasteiger partial charge in [-0.1, -0.05) is 12.8 Å². The van der Waals surface area contributed by atoms with E-state index < -0.39 is 0 Å². The van der Waals surface area contributed by atoms with Crippen LogP contribution in [0.5, 0.6) is 0 Å². The van der Waals surface area contributed by atoms with Crippen LogP contribution in [0.3, 0.4) is 0 Å². The van der Waals surface area contributed by atoms with Crippen LogP contribution in [0.15, 0.2) is 0 Å². The Morgan fingerprint density at radius 2 is 1.90 bits per heavy atom. The van der Waals surface area contributed by atoms with Crippen molar-refractivity contribution in [3.8, 4) is 0 Å². The van der Waals surface area contributed by atoms with Crippen molar-refractivity contribution in [2.24, 2.45) is 5.92 Å². The number of anilines is 1. The van der Waals surface area contributed by atoms with Crippen molar-refractivity contribution in [2.45, 2.75) is 50.5 Å². The predicted molar refractivity (Wildman–Crippen MR) is 88.0 cm³/mol. The standard InChI is InChI=1S/C15H22IN3O/c1-17-14-11(16)12(9-5-3-4-6-9)18-15(19-14)13(20-2)10-7-8-10/h9-10,13H,3-8H2,1-2H3,(H,17,18,19). The molecule has 20 heavy (non-hydrogen) atoms. The molecule has 2 saturated carbocycles. The second-order valence-corrected chi connectivity index (χ2v) is 6.93. The third-order valence-electron chi connectivity index (χ3n) is 4.43. The van der Waals surface area contributed by atoms with Crippen molar-refractivity contribution < 1.29 is 4.74 Å². The topological polar surface area (TPSA) is 47.0 Å². The summed E-state index contributed by atoms with van der Waals surface area (Å²) in [5.74, 6) is 3.05. The number of nitrogens with one attached hydrogen (secondary N) is 1. The van der Waals surface area contributed by atoms with Crippen LogP contribution in [0.1, 0.15) is 62.1 Å². The first-order chi connectivity index (χ1) is 9.74. The third kappa shape index (κ3) is 2.79. The lowest BCUT2D eigenvalue weighted by Gasteiger charge is -2.19. The van der Waals surface area contributed by atoms with Gasteiger partial charge in [0.05, 0.1) is 9.26 Å². The highest BCUT2D eigenvalue weighted by Gasteiger charge is 2.35. The fourth-order valence-corrected chi connectivity index (χ4v) is 4.10. The van der Waals surface area contributed by atoms with Crippen molar-refractivity contribution in [3.63, 3.8) is 0 Å². The zero-order chi connectivity index (χ0) is 14.1. The van der Waals surface area contributed by atoms with E-state index in [1.165, 1.54) is 47.8 Å². The summed E-state index contributed by atoms with van der Waals surface area (Å²) in [6.45, 7) is 0. The van der Waals surface area contributed by atoms with E-state index in [0.29, 0.717) is 11.8 Å². The van der Waals surface area contributed by atoms with Gasteiger partial charge in [-0.25, -0.2) is 9.97 Å². The maximum atomic E-state index is 5.66. The van der Waals surface area contributed by atoms with Gasteiger partial charge < -0.3 is 10.1 Å². The van der Waals surface area contributed by atoms with E-state index in [-0.39, 0.29) is 6.10 Å². The zero-order valence-electron chi connectivity index (χ0n) is 12.2. The summed E-state index contributed by atoms with van der Waals surface area (Å²) in [6.07, 6.45) is 7.71. The highest BCUT2D eigenvalue weighted by molar-refractivity contribution is 14.1. The molecule has 2 aliphatic rings. The summed E-state index contributed by atoms with van der Waals surface area (Å²) in [5.41, 5.74) is 1.24. The number of ether oxygens (including phenoxy) is 1. The van der Waals surface area contributed by atoms with E-state index in [1.54, 1.807) is 7.11 Å². The van der Waals surface area contributed by atoms with Crippen LogP contribution >= 0.6 is 22.6 Å². The molecule has 1 unspecified atom stereocenters. The first-order valence-electron chi connectivity index (χ1n) is 7.52. The second kappa shape index (κ2) is 6.13. The van der Waals surface area contributed by atoms with Crippen LogP contribution in [0.4, 0.5) is 5.82 Å². The molecule has 4 nitrogen and oxygen atoms in total. The Hall–Kier alpha value is -0.430. The molecule has 0 spiro atoms. The average molecular weight is 387 g/mol. The zero-order valence-corrected chi connectivity index (χ0v) is 14.3. The van der Waals surface area contributed by atoms with Gasteiger partial charge in [0.15, 0.2) is 5.82 Å². The third-order valence-corrected chi connectivity index (χ3v) is 5.49. The number of hydrogen-bond acceptors (Lipinski definition) is 4. The van der Waals surface area contributed by atoms with E-state index >= 15 is 0 Å². The lowest BCUT2D eigenvalue weighted by Crippen LogP contribution is -2.15. The average Bonchev–Trinajstić information content (AvgIpc) is 3.14. The van der Waals surface area contributed by atoms with E-state index in [2.05, 4.69) is 27.9 Å². The van der Waals surface area contributed by atoms with Crippen LogP contribution in [-0.2, 0) is 4.74 Å². The maximum Gasteiger partial charge on any atom is 0.160 e. The van der Waals surface area contributed by atoms with Crippen molar-refractivity contribution in [3.05, 3.63) is 15.1 Å². The Morgan fingerprint density at radius 3 is 2.45 bits per heavy atom. The molecule has 1 atom stereocenters. The number of aromatic nitrogens is 2. The quantitative estimate of drug-likeness (QED) is 0.780. The Morgan fingerprint density at radius 1 is 1.20 bits per heavy atom. The SMILES string of the molecule is CNc1nc(C(OC)C2CC2)nc(C2CCCC2)c1I. The molecule has 0 saturated heterocycles. The Labute approximate surface area is 134 Å². The molecule has 0 amide bonds.